The molecule has 2 aliphatic carbocycles. The highest BCUT2D eigenvalue weighted by molar-refractivity contribution is 5.72. The van der Waals surface area contributed by atoms with Crippen molar-refractivity contribution >= 4 is 5.82 Å². The molecule has 2 aliphatic rings. The van der Waals surface area contributed by atoms with Gasteiger partial charge in [0.05, 0.1) is 30.3 Å². The number of fused-ring (bicyclic) bond motifs is 2. The predicted octanol–water partition coefficient (Wildman–Crippen LogP) is 4.78. The molecule has 5 rings (SSSR count). The first-order valence-corrected chi connectivity index (χ1v) is 12.4. The van der Waals surface area contributed by atoms with Gasteiger partial charge < -0.3 is 15.3 Å². The minimum atomic E-state index is 0.201. The van der Waals surface area contributed by atoms with Crippen LogP contribution in [0.4, 0.5) is 5.82 Å². The first-order valence-electron chi connectivity index (χ1n) is 12.4. The first kappa shape index (κ1) is 24.2. The van der Waals surface area contributed by atoms with Crippen LogP contribution in [0.5, 0.6) is 5.75 Å². The number of aromatic nitrogens is 2. The van der Waals surface area contributed by atoms with Crippen LogP contribution in [0.3, 0.4) is 0 Å². The van der Waals surface area contributed by atoms with Gasteiger partial charge >= 0.3 is 0 Å². The summed E-state index contributed by atoms with van der Waals surface area (Å²) in [6.07, 6.45) is 8.51. The van der Waals surface area contributed by atoms with Gasteiger partial charge in [-0.1, -0.05) is 38.1 Å². The number of aryl methyl sites for hydroxylation is 4. The second kappa shape index (κ2) is 11.0. The quantitative estimate of drug-likeness (QED) is 0.532. The molecule has 1 heterocycles. The van der Waals surface area contributed by atoms with Crippen molar-refractivity contribution in [2.24, 2.45) is 5.90 Å². The van der Waals surface area contributed by atoms with Gasteiger partial charge in [-0.2, -0.15) is 0 Å². The predicted molar refractivity (Wildman–Crippen MR) is 137 cm³/mol. The van der Waals surface area contributed by atoms with Crippen molar-refractivity contribution in [3.05, 3.63) is 70.0 Å². The Morgan fingerprint density at radius 3 is 2.06 bits per heavy atom. The summed E-state index contributed by atoms with van der Waals surface area (Å²) < 4.78 is 5.67. The first-order chi connectivity index (χ1) is 16.6. The topological polar surface area (TPSA) is 96.3 Å². The summed E-state index contributed by atoms with van der Waals surface area (Å²) in [4.78, 5) is 14.2. The van der Waals surface area contributed by atoms with Crippen molar-refractivity contribution in [3.63, 3.8) is 0 Å². The number of ether oxygens (including phenoxy) is 1. The molecule has 2 aromatic carbocycles. The lowest BCUT2D eigenvalue weighted by molar-refractivity contribution is 0.0612. The molecule has 0 spiro atoms. The molecule has 4 N–H and O–H groups in total. The summed E-state index contributed by atoms with van der Waals surface area (Å²) in [5, 5.41) is 0. The van der Waals surface area contributed by atoms with Gasteiger partial charge in [-0.05, 0) is 72.9 Å². The van der Waals surface area contributed by atoms with E-state index < -0.39 is 0 Å². The van der Waals surface area contributed by atoms with Crippen molar-refractivity contribution in [1.29, 1.82) is 0 Å². The number of benzene rings is 2. The smallest absolute Gasteiger partial charge is 0.145 e. The molecule has 180 valence electrons. The van der Waals surface area contributed by atoms with Crippen LogP contribution in [0.15, 0.2) is 36.4 Å². The van der Waals surface area contributed by atoms with Crippen LogP contribution in [0.1, 0.15) is 60.3 Å². The maximum atomic E-state index is 6.03. The summed E-state index contributed by atoms with van der Waals surface area (Å²) in [5.74, 6) is 6.55. The van der Waals surface area contributed by atoms with E-state index in [2.05, 4.69) is 55.2 Å². The van der Waals surface area contributed by atoms with Crippen LogP contribution >= 0.6 is 0 Å². The molecule has 6 heteroatoms. The third-order valence-corrected chi connectivity index (χ3v) is 6.87. The van der Waals surface area contributed by atoms with E-state index in [1.54, 1.807) is 7.11 Å². The van der Waals surface area contributed by atoms with Crippen molar-refractivity contribution in [3.8, 4) is 17.0 Å². The highest BCUT2D eigenvalue weighted by Crippen LogP contribution is 2.36. The molecule has 3 aromatic rings. The van der Waals surface area contributed by atoms with Gasteiger partial charge in [-0.3, -0.25) is 0 Å². The molecule has 34 heavy (non-hydrogen) atoms. The molecule has 0 aliphatic heterocycles. The zero-order valence-electron chi connectivity index (χ0n) is 20.6. The molecule has 0 saturated heterocycles. The summed E-state index contributed by atoms with van der Waals surface area (Å²) in [6.45, 7) is 4.14. The minimum absolute atomic E-state index is 0.201. The van der Waals surface area contributed by atoms with E-state index in [0.717, 1.165) is 66.9 Å². The standard InChI is InChI=1S/C19H25N3O.C9H11NO/c1-4-15-18(21-16(5-2)19(20)22-15)14-10-12-8-6-7-9-13(12)11-17(14)23-3;10-11-9-5-7-3-1-2-4-8(7)6-9/h10-11H,4-9H2,1-3H3,(H2,20,22);1-4,9H,5-6,10H2. The lowest BCUT2D eigenvalue weighted by atomic mass is 9.89. The summed E-state index contributed by atoms with van der Waals surface area (Å²) in [6, 6.07) is 12.8. The summed E-state index contributed by atoms with van der Waals surface area (Å²) in [5.41, 5.74) is 15.4. The fourth-order valence-electron chi connectivity index (χ4n) is 4.97. The van der Waals surface area contributed by atoms with Crippen LogP contribution < -0.4 is 16.4 Å². The van der Waals surface area contributed by atoms with Gasteiger partial charge in [-0.15, -0.1) is 0 Å². The second-order valence-corrected chi connectivity index (χ2v) is 9.02. The number of nitrogen functional groups attached to an aromatic ring is 1. The lowest BCUT2D eigenvalue weighted by Crippen LogP contribution is -2.16. The number of nitrogens with two attached hydrogens (primary N) is 2. The molecule has 0 unspecified atom stereocenters. The van der Waals surface area contributed by atoms with Gasteiger partial charge in [-0.25, -0.2) is 15.9 Å². The number of hydrogen-bond acceptors (Lipinski definition) is 6. The van der Waals surface area contributed by atoms with Gasteiger partial charge in [0.2, 0.25) is 0 Å². The molecule has 0 bridgehead atoms. The lowest BCUT2D eigenvalue weighted by Gasteiger charge is -2.20. The molecule has 0 amide bonds. The van der Waals surface area contributed by atoms with E-state index in [1.165, 1.54) is 35.1 Å². The van der Waals surface area contributed by atoms with Gasteiger partial charge in [0.25, 0.3) is 0 Å². The van der Waals surface area contributed by atoms with Crippen LogP contribution in [0, 0.1) is 0 Å². The van der Waals surface area contributed by atoms with Crippen molar-refractivity contribution in [2.45, 2.75) is 71.3 Å². The van der Waals surface area contributed by atoms with Gasteiger partial charge in [0.1, 0.15) is 11.6 Å². The van der Waals surface area contributed by atoms with Crippen LogP contribution in [0.2, 0.25) is 0 Å². The van der Waals surface area contributed by atoms with Gasteiger partial charge in [0, 0.05) is 18.4 Å². The maximum Gasteiger partial charge on any atom is 0.145 e. The van der Waals surface area contributed by atoms with E-state index >= 15 is 0 Å². The largest absolute Gasteiger partial charge is 0.496 e. The number of methoxy groups -OCH3 is 1. The van der Waals surface area contributed by atoms with Crippen molar-refractivity contribution in [2.75, 3.05) is 12.8 Å². The van der Waals surface area contributed by atoms with Crippen molar-refractivity contribution < 1.29 is 9.57 Å². The van der Waals surface area contributed by atoms with Crippen LogP contribution in [-0.2, 0) is 43.4 Å². The number of hydrogen-bond donors (Lipinski definition) is 2. The second-order valence-electron chi connectivity index (χ2n) is 9.02. The Kier molecular flexibility index (Phi) is 7.80. The molecule has 0 atom stereocenters. The average Bonchev–Trinajstić information content (AvgIpc) is 3.31. The molecular formula is C28H36N4O2. The molecule has 0 saturated carbocycles. The zero-order chi connectivity index (χ0) is 24.1. The SMILES string of the molecule is CCc1nc(-c2cc3c(cc2OC)CCCC3)c(CC)nc1N.NOC1Cc2ccccc2C1. The van der Waals surface area contributed by atoms with E-state index in [4.69, 9.17) is 26.2 Å². The Morgan fingerprint density at radius 1 is 0.882 bits per heavy atom. The van der Waals surface area contributed by atoms with Crippen LogP contribution in [0.25, 0.3) is 11.3 Å². The van der Waals surface area contributed by atoms with E-state index in [-0.39, 0.29) is 6.10 Å². The zero-order valence-corrected chi connectivity index (χ0v) is 20.6. The molecule has 0 radical (unpaired) electrons. The number of anilines is 1. The Balaban J connectivity index is 0.000000207. The highest BCUT2D eigenvalue weighted by Gasteiger charge is 2.21. The third-order valence-electron chi connectivity index (χ3n) is 6.87. The Morgan fingerprint density at radius 2 is 1.50 bits per heavy atom. The monoisotopic (exact) mass is 460 g/mol. The number of rotatable bonds is 5. The average molecular weight is 461 g/mol. The van der Waals surface area contributed by atoms with E-state index in [9.17, 15) is 0 Å². The number of nitrogens with zero attached hydrogens (tertiary/aromatic N) is 2. The summed E-state index contributed by atoms with van der Waals surface area (Å²) >= 11 is 0. The highest BCUT2D eigenvalue weighted by atomic mass is 16.6. The normalized spacial score (nSPS) is 14.7. The molecule has 1 aromatic heterocycles. The van der Waals surface area contributed by atoms with Crippen molar-refractivity contribution in [1.82, 2.24) is 9.97 Å². The Bertz CT molecular complexity index is 1120. The third kappa shape index (κ3) is 5.08. The molecular weight excluding hydrogens is 424 g/mol. The fraction of sp³-hybridized carbons (Fsp3) is 0.429. The Labute approximate surface area is 202 Å². The van der Waals surface area contributed by atoms with E-state index in [0.29, 0.717) is 5.82 Å². The minimum Gasteiger partial charge on any atom is -0.496 e. The molecule has 0 fully saturated rings. The molecule has 6 nitrogen and oxygen atoms in total. The van der Waals surface area contributed by atoms with Gasteiger partial charge in [0.15, 0.2) is 0 Å². The maximum absolute atomic E-state index is 6.03. The van der Waals surface area contributed by atoms with E-state index in [1.807, 2.05) is 0 Å². The summed E-state index contributed by atoms with van der Waals surface area (Å²) in [7, 11) is 1.73. The fourth-order valence-corrected chi connectivity index (χ4v) is 4.97. The van der Waals surface area contributed by atoms with Crippen LogP contribution in [-0.4, -0.2) is 23.2 Å². The Hall–Kier alpha value is -2.96.